The van der Waals surface area contributed by atoms with Gasteiger partial charge in [-0.05, 0) is 58.2 Å². The molecule has 0 spiro atoms. The van der Waals surface area contributed by atoms with Gasteiger partial charge in [0.2, 0.25) is 0 Å². The number of rotatable bonds is 14. The van der Waals surface area contributed by atoms with E-state index in [4.69, 9.17) is 33.2 Å². The van der Waals surface area contributed by atoms with E-state index in [0.717, 1.165) is 44.6 Å². The second kappa shape index (κ2) is 18.3. The number of anilines is 2. The Bertz CT molecular complexity index is 3440. The number of halogens is 4. The van der Waals surface area contributed by atoms with E-state index in [1.54, 1.807) is 34.7 Å². The normalized spacial score (nSPS) is 17.6. The van der Waals surface area contributed by atoms with E-state index in [2.05, 4.69) is 79.3 Å². The van der Waals surface area contributed by atoms with Crippen LogP contribution in [0.15, 0.2) is 91.8 Å². The van der Waals surface area contributed by atoms with Crippen LogP contribution in [0.3, 0.4) is 0 Å². The number of hydrogen-bond donors (Lipinski definition) is 1. The van der Waals surface area contributed by atoms with Gasteiger partial charge in [0.15, 0.2) is 22.9 Å². The van der Waals surface area contributed by atoms with Crippen molar-refractivity contribution in [3.8, 4) is 22.5 Å². The number of Topliss-reactive ketones (excluding diaryl/α,β-unsaturated/α-hetero) is 2. The van der Waals surface area contributed by atoms with Crippen molar-refractivity contribution in [2.75, 3.05) is 24.3 Å². The van der Waals surface area contributed by atoms with Crippen LogP contribution in [-0.4, -0.2) is 86.3 Å². The molecule has 0 saturated heterocycles. The van der Waals surface area contributed by atoms with Crippen LogP contribution < -0.4 is 10.2 Å². The molecule has 2 fully saturated rings. The molecule has 0 aliphatic heterocycles. The molecule has 0 amide bonds. The molecule has 0 radical (unpaired) electrons. The van der Waals surface area contributed by atoms with E-state index in [1.165, 1.54) is 6.20 Å². The lowest BCUT2D eigenvalue weighted by molar-refractivity contribution is 0.0966. The maximum Gasteiger partial charge on any atom is 0.168 e. The Balaban J connectivity index is 0.000000164. The molecule has 11 rings (SSSR count). The van der Waals surface area contributed by atoms with Crippen LogP contribution in [0.25, 0.3) is 55.9 Å². The maximum absolute atomic E-state index is 13.6. The number of carbonyl (C=O) groups is 2. The summed E-state index contributed by atoms with van der Waals surface area (Å²) in [5.41, 5.74) is 7.57. The Labute approximate surface area is 406 Å². The molecule has 4 atom stereocenters. The van der Waals surface area contributed by atoms with Gasteiger partial charge < -0.3 is 19.4 Å². The van der Waals surface area contributed by atoms with Crippen LogP contribution in [0.2, 0.25) is 10.0 Å². The van der Waals surface area contributed by atoms with E-state index in [-0.39, 0.29) is 48.3 Å². The molecule has 0 unspecified atom stereocenters. The van der Waals surface area contributed by atoms with Crippen LogP contribution in [-0.2, 0) is 6.54 Å². The lowest BCUT2D eigenvalue weighted by Crippen LogP contribution is -2.20. The molecule has 354 valence electrons. The highest BCUT2D eigenvalue weighted by Gasteiger charge is 2.40. The Morgan fingerprint density at radius 3 is 1.67 bits per heavy atom. The Morgan fingerprint density at radius 2 is 1.19 bits per heavy atom. The molecule has 14 nitrogen and oxygen atoms in total. The summed E-state index contributed by atoms with van der Waals surface area (Å²) in [7, 11) is 3.78. The maximum atomic E-state index is 13.6. The summed E-state index contributed by atoms with van der Waals surface area (Å²) in [4.78, 5) is 46.9. The molecular weight excluding hydrogens is 922 g/mol. The average Bonchev–Trinajstić information content (AvgIpc) is 3.83. The summed E-state index contributed by atoms with van der Waals surface area (Å²) in [6, 6.07) is 18.1. The molecule has 0 bridgehead atoms. The second-order valence-corrected chi connectivity index (χ2v) is 19.5. The van der Waals surface area contributed by atoms with E-state index in [1.807, 2.05) is 61.9 Å². The van der Waals surface area contributed by atoms with Gasteiger partial charge in [0, 0.05) is 116 Å². The molecule has 9 aromatic rings. The SMILES string of the molecule is CC(C)n1cc(-c2cc(N(C)Cc3ccccc3)n3ncc(C(=O)C[C@@H]4C[C@@H]4F)c3n2)c2cc(Cl)cnc21.CNc1cc(-c2cn(C(C)C)c3ncc(Cl)cc23)nc2c(C(=O)C[C@@H]3C[C@@H]3F)cnn12. The highest BCUT2D eigenvalue weighted by atomic mass is 35.5. The Morgan fingerprint density at radius 1 is 0.710 bits per heavy atom. The topological polar surface area (TPSA) is 145 Å². The van der Waals surface area contributed by atoms with Gasteiger partial charge >= 0.3 is 0 Å². The van der Waals surface area contributed by atoms with Crippen LogP contribution >= 0.6 is 23.2 Å². The minimum absolute atomic E-state index is 0.138. The van der Waals surface area contributed by atoms with Crippen molar-refractivity contribution in [1.82, 2.24) is 48.3 Å². The first-order valence-electron chi connectivity index (χ1n) is 23.0. The molecule has 2 saturated carbocycles. The van der Waals surface area contributed by atoms with Crippen LogP contribution in [0.4, 0.5) is 20.4 Å². The summed E-state index contributed by atoms with van der Waals surface area (Å²) < 4.78 is 34.4. The number of alkyl halides is 2. The fourth-order valence-electron chi connectivity index (χ4n) is 8.91. The summed E-state index contributed by atoms with van der Waals surface area (Å²) >= 11 is 12.6. The lowest BCUT2D eigenvalue weighted by atomic mass is 10.1. The molecule has 2 aliphatic carbocycles. The third kappa shape index (κ3) is 8.91. The number of fused-ring (bicyclic) bond motifs is 4. The first-order valence-corrected chi connectivity index (χ1v) is 23.8. The van der Waals surface area contributed by atoms with Crippen LogP contribution in [0.5, 0.6) is 0 Å². The molecule has 8 aromatic heterocycles. The number of carbonyl (C=O) groups excluding carboxylic acids is 2. The van der Waals surface area contributed by atoms with Crippen LogP contribution in [0, 0.1) is 11.8 Å². The average molecular weight is 972 g/mol. The van der Waals surface area contributed by atoms with E-state index in [0.29, 0.717) is 69.1 Å². The Hall–Kier alpha value is -6.78. The highest BCUT2D eigenvalue weighted by molar-refractivity contribution is 6.31. The van der Waals surface area contributed by atoms with Crippen molar-refractivity contribution in [1.29, 1.82) is 0 Å². The summed E-state index contributed by atoms with van der Waals surface area (Å²) in [6.45, 7) is 8.99. The fourth-order valence-corrected chi connectivity index (χ4v) is 9.23. The number of ketones is 2. The molecule has 8 heterocycles. The van der Waals surface area contributed by atoms with Crippen molar-refractivity contribution in [3.63, 3.8) is 0 Å². The smallest absolute Gasteiger partial charge is 0.168 e. The first-order chi connectivity index (χ1) is 33.2. The van der Waals surface area contributed by atoms with Crippen molar-refractivity contribution >= 4 is 79.8 Å². The van der Waals surface area contributed by atoms with Gasteiger partial charge in [-0.2, -0.15) is 19.2 Å². The predicted molar refractivity (Wildman–Crippen MR) is 266 cm³/mol. The van der Waals surface area contributed by atoms with Crippen molar-refractivity contribution in [2.45, 2.75) is 84.4 Å². The van der Waals surface area contributed by atoms with Gasteiger partial charge in [-0.25, -0.2) is 28.7 Å². The zero-order valence-corrected chi connectivity index (χ0v) is 40.4. The minimum atomic E-state index is -0.892. The number of aromatic nitrogens is 10. The molecule has 1 aromatic carbocycles. The molecule has 2 aliphatic rings. The fraction of sp³-hybridized carbons (Fsp3) is 0.333. The van der Waals surface area contributed by atoms with Gasteiger partial charge in [-0.15, -0.1) is 0 Å². The number of nitrogens with zero attached hydrogens (tertiary/aromatic N) is 11. The third-order valence-electron chi connectivity index (χ3n) is 12.9. The van der Waals surface area contributed by atoms with Gasteiger partial charge in [0.05, 0.1) is 45.0 Å². The zero-order valence-electron chi connectivity index (χ0n) is 38.9. The van der Waals surface area contributed by atoms with Crippen molar-refractivity contribution < 1.29 is 18.4 Å². The standard InChI is InChI=1S/C29H28ClFN6O.C22H22ClFN6O/c1-17(2)36-16-23(21-11-20(30)13-32-28(21)36)25-12-27(35(3)15-18-7-5-4-6-8-18)37-29(34-25)22(14-33-37)26(38)10-19-9-24(19)31;1-11(2)29-10-16(14-6-13(23)8-26-21(14)29)18-7-20(25-3)30-22(28-18)15(9-27-30)19(31)5-12-4-17(12)24/h4-8,11-14,16-17,19,24H,9-10,15H2,1-3H3;6-12,17,25H,4-5H2,1-3H3/t19-,24-;12-,17-/m00/s1. The number of nitrogens with one attached hydrogen (secondary N) is 1. The summed E-state index contributed by atoms with van der Waals surface area (Å²) in [6.07, 6.45) is 9.85. The quantitative estimate of drug-likeness (QED) is 0.105. The second-order valence-electron chi connectivity index (χ2n) is 18.6. The first kappa shape index (κ1) is 46.0. The largest absolute Gasteiger partial charge is 0.373 e. The Kier molecular flexibility index (Phi) is 12.2. The molecule has 69 heavy (non-hydrogen) atoms. The highest BCUT2D eigenvalue weighted by Crippen LogP contribution is 2.40. The van der Waals surface area contributed by atoms with E-state index < -0.39 is 12.3 Å². The molecular formula is C51H50Cl2F2N12O2. The monoisotopic (exact) mass is 970 g/mol. The molecule has 1 N–H and O–H groups in total. The number of benzene rings is 1. The lowest BCUT2D eigenvalue weighted by Gasteiger charge is -2.21. The van der Waals surface area contributed by atoms with E-state index >= 15 is 0 Å². The van der Waals surface area contributed by atoms with E-state index in [9.17, 15) is 18.4 Å². The van der Waals surface area contributed by atoms with Crippen molar-refractivity contribution in [2.24, 2.45) is 11.8 Å². The van der Waals surface area contributed by atoms with Crippen molar-refractivity contribution in [3.05, 3.63) is 119 Å². The predicted octanol–water partition coefficient (Wildman–Crippen LogP) is 11.5. The van der Waals surface area contributed by atoms with Gasteiger partial charge in [0.25, 0.3) is 0 Å². The third-order valence-corrected chi connectivity index (χ3v) is 13.4. The number of pyridine rings is 2. The number of hydrogen-bond acceptors (Lipinski definition) is 10. The summed E-state index contributed by atoms with van der Waals surface area (Å²) in [5.74, 6) is 0.795. The minimum Gasteiger partial charge on any atom is -0.373 e. The summed E-state index contributed by atoms with van der Waals surface area (Å²) in [5, 5.41) is 14.8. The van der Waals surface area contributed by atoms with Gasteiger partial charge in [-0.1, -0.05) is 53.5 Å². The zero-order chi connectivity index (χ0) is 48.4. The van der Waals surface area contributed by atoms with Gasteiger partial charge in [0.1, 0.15) is 35.3 Å². The van der Waals surface area contributed by atoms with Gasteiger partial charge in [-0.3, -0.25) is 9.59 Å². The molecule has 18 heteroatoms. The van der Waals surface area contributed by atoms with Crippen LogP contribution in [0.1, 0.15) is 91.7 Å².